The summed E-state index contributed by atoms with van der Waals surface area (Å²) in [6, 6.07) is 0. The Bertz CT molecular complexity index is 371. The fraction of sp³-hybridized carbons (Fsp3) is 0.941. The average Bonchev–Trinajstić information content (AvgIpc) is 2.58. The smallest absolute Gasteiger partial charge is 0.223 e. The van der Waals surface area contributed by atoms with E-state index in [4.69, 9.17) is 4.74 Å². The molecule has 2 fully saturated rings. The van der Waals surface area contributed by atoms with E-state index in [1.165, 1.54) is 0 Å². The largest absolute Gasteiger partial charge is 0.376 e. The zero-order chi connectivity index (χ0) is 16.2. The normalized spacial score (nSPS) is 27.2. The molecule has 2 saturated heterocycles. The highest BCUT2D eigenvalue weighted by Crippen LogP contribution is 2.29. The van der Waals surface area contributed by atoms with Gasteiger partial charge in [0.1, 0.15) is 0 Å². The Labute approximate surface area is 135 Å². The van der Waals surface area contributed by atoms with E-state index in [9.17, 15) is 4.79 Å². The molecule has 128 valence electrons. The van der Waals surface area contributed by atoms with Crippen LogP contribution in [0.2, 0.25) is 0 Å². The van der Waals surface area contributed by atoms with Gasteiger partial charge in [-0.05, 0) is 46.7 Å². The molecular weight excluding hydrogens is 278 g/mol. The first-order valence-electron chi connectivity index (χ1n) is 8.64. The fourth-order valence-corrected chi connectivity index (χ4v) is 3.53. The number of hydrogen-bond acceptors (Lipinski definition) is 4. The van der Waals surface area contributed by atoms with Crippen LogP contribution in [-0.2, 0) is 9.53 Å². The van der Waals surface area contributed by atoms with Crippen molar-refractivity contribution >= 4 is 5.91 Å². The van der Waals surface area contributed by atoms with Crippen LogP contribution < -0.4 is 0 Å². The minimum absolute atomic E-state index is 0.0162. The highest BCUT2D eigenvalue weighted by atomic mass is 16.5. The van der Waals surface area contributed by atoms with E-state index in [0.717, 1.165) is 58.7 Å². The molecule has 1 unspecified atom stereocenters. The summed E-state index contributed by atoms with van der Waals surface area (Å²) in [6.45, 7) is 11.0. The van der Waals surface area contributed by atoms with Crippen molar-refractivity contribution in [3.8, 4) is 0 Å². The molecule has 2 heterocycles. The van der Waals surface area contributed by atoms with Gasteiger partial charge >= 0.3 is 0 Å². The number of rotatable bonds is 5. The van der Waals surface area contributed by atoms with Crippen molar-refractivity contribution in [3.05, 3.63) is 0 Å². The molecule has 0 radical (unpaired) electrons. The Morgan fingerprint density at radius 3 is 2.73 bits per heavy atom. The molecule has 2 aliphatic heterocycles. The first kappa shape index (κ1) is 17.7. The van der Waals surface area contributed by atoms with Gasteiger partial charge in [0.25, 0.3) is 0 Å². The van der Waals surface area contributed by atoms with Crippen molar-refractivity contribution in [1.82, 2.24) is 14.7 Å². The van der Waals surface area contributed by atoms with Crippen molar-refractivity contribution in [2.24, 2.45) is 5.92 Å². The standard InChI is InChI=1S/C17H33N3O2/c1-17(2)13-15(6-12-22-17)14-19-7-5-16(21)20(11-9-19)10-8-18(3)4/h15H,5-14H2,1-4H3. The predicted molar refractivity (Wildman–Crippen MR) is 88.9 cm³/mol. The first-order chi connectivity index (χ1) is 10.4. The van der Waals surface area contributed by atoms with Crippen LogP contribution in [0.1, 0.15) is 33.1 Å². The number of nitrogens with zero attached hydrogens (tertiary/aromatic N) is 3. The lowest BCUT2D eigenvalue weighted by Gasteiger charge is -2.37. The van der Waals surface area contributed by atoms with Crippen LogP contribution in [0.15, 0.2) is 0 Å². The zero-order valence-corrected chi connectivity index (χ0v) is 14.8. The maximum Gasteiger partial charge on any atom is 0.223 e. The molecule has 5 nitrogen and oxygen atoms in total. The molecule has 0 N–H and O–H groups in total. The van der Waals surface area contributed by atoms with Gasteiger partial charge in [0, 0.05) is 52.3 Å². The molecule has 0 saturated carbocycles. The predicted octanol–water partition coefficient (Wildman–Crippen LogP) is 1.29. The molecule has 0 aromatic carbocycles. The van der Waals surface area contributed by atoms with Crippen molar-refractivity contribution in [1.29, 1.82) is 0 Å². The second-order valence-corrected chi connectivity index (χ2v) is 7.70. The van der Waals surface area contributed by atoms with Gasteiger partial charge in [-0.1, -0.05) is 0 Å². The maximum absolute atomic E-state index is 12.2. The highest BCUT2D eigenvalue weighted by molar-refractivity contribution is 5.76. The van der Waals surface area contributed by atoms with Crippen molar-refractivity contribution < 1.29 is 9.53 Å². The third-order valence-corrected chi connectivity index (χ3v) is 4.81. The van der Waals surface area contributed by atoms with E-state index >= 15 is 0 Å². The fourth-order valence-electron chi connectivity index (χ4n) is 3.53. The van der Waals surface area contributed by atoms with Gasteiger partial charge in [0.2, 0.25) is 5.91 Å². The third-order valence-electron chi connectivity index (χ3n) is 4.81. The van der Waals surface area contributed by atoms with E-state index in [0.29, 0.717) is 18.2 Å². The second-order valence-electron chi connectivity index (χ2n) is 7.70. The van der Waals surface area contributed by atoms with Crippen LogP contribution in [0.25, 0.3) is 0 Å². The summed E-state index contributed by atoms with van der Waals surface area (Å²) < 4.78 is 5.81. The SMILES string of the molecule is CN(C)CCN1CCN(CC2CCOC(C)(C)C2)CCC1=O. The van der Waals surface area contributed by atoms with Crippen molar-refractivity contribution in [3.63, 3.8) is 0 Å². The minimum Gasteiger partial charge on any atom is -0.376 e. The summed E-state index contributed by atoms with van der Waals surface area (Å²) in [4.78, 5) is 18.9. The second kappa shape index (κ2) is 7.75. The molecule has 22 heavy (non-hydrogen) atoms. The van der Waals surface area contributed by atoms with Crippen LogP contribution >= 0.6 is 0 Å². The summed E-state index contributed by atoms with van der Waals surface area (Å²) in [7, 11) is 4.11. The Morgan fingerprint density at radius 2 is 2.05 bits per heavy atom. The van der Waals surface area contributed by atoms with E-state index in [-0.39, 0.29) is 5.60 Å². The number of likely N-dealkylation sites (N-methyl/N-ethyl adjacent to an activating group) is 1. The van der Waals surface area contributed by atoms with E-state index in [2.05, 4.69) is 37.7 Å². The molecule has 0 bridgehead atoms. The van der Waals surface area contributed by atoms with Gasteiger partial charge in [-0.2, -0.15) is 0 Å². The van der Waals surface area contributed by atoms with Gasteiger partial charge in [-0.15, -0.1) is 0 Å². The molecular formula is C17H33N3O2. The lowest BCUT2D eigenvalue weighted by atomic mass is 9.88. The van der Waals surface area contributed by atoms with Crippen molar-refractivity contribution in [2.75, 3.05) is 60.0 Å². The van der Waals surface area contributed by atoms with Crippen LogP contribution in [0, 0.1) is 5.92 Å². The lowest BCUT2D eigenvalue weighted by Crippen LogP contribution is -2.41. The summed E-state index contributed by atoms with van der Waals surface area (Å²) in [5, 5.41) is 0. The Kier molecular flexibility index (Phi) is 6.24. The molecule has 1 atom stereocenters. The van der Waals surface area contributed by atoms with Crippen molar-refractivity contribution in [2.45, 2.75) is 38.7 Å². The molecule has 2 rings (SSSR count). The summed E-state index contributed by atoms with van der Waals surface area (Å²) in [5.41, 5.74) is 0.0162. The Hall–Kier alpha value is -0.650. The van der Waals surface area contributed by atoms with E-state index in [1.54, 1.807) is 0 Å². The average molecular weight is 311 g/mol. The Morgan fingerprint density at radius 1 is 1.27 bits per heavy atom. The highest BCUT2D eigenvalue weighted by Gasteiger charge is 2.30. The molecule has 2 aliphatic rings. The number of ether oxygens (including phenoxy) is 1. The number of amides is 1. The van der Waals surface area contributed by atoms with Crippen LogP contribution in [0.4, 0.5) is 0 Å². The van der Waals surface area contributed by atoms with Crippen LogP contribution in [0.5, 0.6) is 0 Å². The zero-order valence-electron chi connectivity index (χ0n) is 14.8. The van der Waals surface area contributed by atoms with Crippen LogP contribution in [0.3, 0.4) is 0 Å². The summed E-state index contributed by atoms with van der Waals surface area (Å²) in [5.74, 6) is 1.02. The first-order valence-corrected chi connectivity index (χ1v) is 8.64. The minimum atomic E-state index is 0.0162. The number of hydrogen-bond donors (Lipinski definition) is 0. The monoisotopic (exact) mass is 311 g/mol. The third kappa shape index (κ3) is 5.52. The molecule has 0 aromatic rings. The number of carbonyl (C=O) groups excluding carboxylic acids is 1. The molecule has 0 aromatic heterocycles. The molecule has 5 heteroatoms. The number of carbonyl (C=O) groups is 1. The summed E-state index contributed by atoms with van der Waals surface area (Å²) in [6.07, 6.45) is 2.94. The topological polar surface area (TPSA) is 36.0 Å². The van der Waals surface area contributed by atoms with Gasteiger partial charge < -0.3 is 19.4 Å². The van der Waals surface area contributed by atoms with Crippen LogP contribution in [-0.4, -0.2) is 86.2 Å². The Balaban J connectivity index is 1.80. The van der Waals surface area contributed by atoms with Gasteiger partial charge in [0.15, 0.2) is 0 Å². The quantitative estimate of drug-likeness (QED) is 0.766. The summed E-state index contributed by atoms with van der Waals surface area (Å²) >= 11 is 0. The van der Waals surface area contributed by atoms with Gasteiger partial charge in [-0.25, -0.2) is 0 Å². The maximum atomic E-state index is 12.2. The van der Waals surface area contributed by atoms with E-state index < -0.39 is 0 Å². The molecule has 0 spiro atoms. The van der Waals surface area contributed by atoms with Gasteiger partial charge in [-0.3, -0.25) is 4.79 Å². The lowest BCUT2D eigenvalue weighted by molar-refractivity contribution is -0.130. The molecule has 1 amide bonds. The van der Waals surface area contributed by atoms with E-state index in [1.807, 2.05) is 4.90 Å². The van der Waals surface area contributed by atoms with Gasteiger partial charge in [0.05, 0.1) is 5.60 Å². The molecule has 0 aliphatic carbocycles.